The van der Waals surface area contributed by atoms with E-state index in [0.29, 0.717) is 17.7 Å². The lowest BCUT2D eigenvalue weighted by Gasteiger charge is -2.06. The van der Waals surface area contributed by atoms with Gasteiger partial charge in [0, 0.05) is 0 Å². The van der Waals surface area contributed by atoms with Crippen LogP contribution in [-0.2, 0) is 0 Å². The van der Waals surface area contributed by atoms with E-state index in [4.69, 9.17) is 10.2 Å². The zero-order valence-corrected chi connectivity index (χ0v) is 10.3. The molecule has 2 rings (SSSR count). The van der Waals surface area contributed by atoms with Gasteiger partial charge < -0.3 is 10.2 Å². The molecule has 2 aromatic rings. The van der Waals surface area contributed by atoms with E-state index in [1.165, 1.54) is 12.1 Å². The molecular formula is C14H15F2NO. The third-order valence-electron chi connectivity index (χ3n) is 2.96. The van der Waals surface area contributed by atoms with Gasteiger partial charge in [0.15, 0.2) is 0 Å². The molecule has 0 bridgehead atoms. The number of furan rings is 1. The van der Waals surface area contributed by atoms with E-state index in [2.05, 4.69) is 0 Å². The topological polar surface area (TPSA) is 39.2 Å². The Labute approximate surface area is 104 Å². The zero-order chi connectivity index (χ0) is 13.3. The van der Waals surface area contributed by atoms with Crippen molar-refractivity contribution in [3.8, 4) is 11.3 Å². The summed E-state index contributed by atoms with van der Waals surface area (Å²) in [7, 11) is 0. The maximum Gasteiger partial charge on any atom is 0.140 e. The highest BCUT2D eigenvalue weighted by atomic mass is 19.1. The Morgan fingerprint density at radius 1 is 1.22 bits per heavy atom. The lowest BCUT2D eigenvalue weighted by Crippen LogP contribution is -2.06. The molecule has 4 heteroatoms. The molecule has 18 heavy (non-hydrogen) atoms. The van der Waals surface area contributed by atoms with Gasteiger partial charge >= 0.3 is 0 Å². The van der Waals surface area contributed by atoms with Gasteiger partial charge in [0.05, 0.1) is 11.6 Å². The molecule has 0 aliphatic heterocycles. The normalized spacial score (nSPS) is 12.7. The first-order valence-electron chi connectivity index (χ1n) is 5.84. The fourth-order valence-corrected chi connectivity index (χ4v) is 1.77. The van der Waals surface area contributed by atoms with Crippen molar-refractivity contribution < 1.29 is 13.2 Å². The van der Waals surface area contributed by atoms with Crippen LogP contribution in [0.5, 0.6) is 0 Å². The van der Waals surface area contributed by atoms with Crippen molar-refractivity contribution in [3.05, 3.63) is 47.2 Å². The van der Waals surface area contributed by atoms with Gasteiger partial charge in [-0.1, -0.05) is 13.0 Å². The Bertz CT molecular complexity index is 563. The van der Waals surface area contributed by atoms with Gasteiger partial charge in [-0.05, 0) is 37.1 Å². The molecule has 2 nitrogen and oxygen atoms in total. The molecule has 1 aromatic heterocycles. The Balaban J connectivity index is 2.49. The van der Waals surface area contributed by atoms with Crippen LogP contribution >= 0.6 is 0 Å². The van der Waals surface area contributed by atoms with Crippen molar-refractivity contribution in [2.45, 2.75) is 26.3 Å². The van der Waals surface area contributed by atoms with Crippen molar-refractivity contribution in [1.29, 1.82) is 0 Å². The average molecular weight is 251 g/mol. The molecule has 0 spiro atoms. The van der Waals surface area contributed by atoms with E-state index >= 15 is 0 Å². The number of benzene rings is 1. The Morgan fingerprint density at radius 2 is 1.94 bits per heavy atom. The molecule has 0 amide bonds. The quantitative estimate of drug-likeness (QED) is 0.897. The maximum atomic E-state index is 13.9. The minimum Gasteiger partial charge on any atom is -0.459 e. The molecule has 0 saturated heterocycles. The zero-order valence-electron chi connectivity index (χ0n) is 10.3. The number of halogens is 2. The number of hydrogen-bond acceptors (Lipinski definition) is 2. The van der Waals surface area contributed by atoms with Crippen LogP contribution in [0.3, 0.4) is 0 Å². The van der Waals surface area contributed by atoms with E-state index in [-0.39, 0.29) is 17.4 Å². The largest absolute Gasteiger partial charge is 0.459 e. The number of rotatable bonds is 3. The minimum atomic E-state index is -0.635. The summed E-state index contributed by atoms with van der Waals surface area (Å²) in [6.45, 7) is 3.50. The molecule has 1 aromatic carbocycles. The second-order valence-electron chi connectivity index (χ2n) is 4.27. The van der Waals surface area contributed by atoms with Gasteiger partial charge in [0.2, 0.25) is 0 Å². The lowest BCUT2D eigenvalue weighted by atomic mass is 10.1. The third-order valence-corrected chi connectivity index (χ3v) is 2.96. The first kappa shape index (κ1) is 12.8. The first-order valence-corrected chi connectivity index (χ1v) is 5.84. The van der Waals surface area contributed by atoms with Crippen molar-refractivity contribution in [2.24, 2.45) is 5.73 Å². The number of hydrogen-bond donors (Lipinski definition) is 1. The molecular weight excluding hydrogens is 236 g/mol. The van der Waals surface area contributed by atoms with Crippen LogP contribution < -0.4 is 5.73 Å². The van der Waals surface area contributed by atoms with Crippen molar-refractivity contribution >= 4 is 0 Å². The van der Waals surface area contributed by atoms with Crippen LogP contribution in [-0.4, -0.2) is 0 Å². The summed E-state index contributed by atoms with van der Waals surface area (Å²) in [4.78, 5) is 0. The lowest BCUT2D eigenvalue weighted by molar-refractivity contribution is 0.463. The van der Waals surface area contributed by atoms with Crippen LogP contribution in [0.15, 0.2) is 28.7 Å². The summed E-state index contributed by atoms with van der Waals surface area (Å²) < 4.78 is 33.0. The van der Waals surface area contributed by atoms with E-state index < -0.39 is 11.6 Å². The van der Waals surface area contributed by atoms with Crippen LogP contribution in [0.25, 0.3) is 11.3 Å². The summed E-state index contributed by atoms with van der Waals surface area (Å²) in [5.41, 5.74) is 6.05. The van der Waals surface area contributed by atoms with Crippen LogP contribution in [0.2, 0.25) is 0 Å². The van der Waals surface area contributed by atoms with Crippen LogP contribution in [0, 0.1) is 18.6 Å². The van der Waals surface area contributed by atoms with E-state index in [1.807, 2.05) is 6.92 Å². The highest BCUT2D eigenvalue weighted by Crippen LogP contribution is 2.31. The van der Waals surface area contributed by atoms with E-state index in [0.717, 1.165) is 0 Å². The second-order valence-corrected chi connectivity index (χ2v) is 4.27. The SMILES string of the molecule is CCC(N)c1ccc(-c2c(F)ccc(C)c2F)o1. The smallest absolute Gasteiger partial charge is 0.140 e. The summed E-state index contributed by atoms with van der Waals surface area (Å²) in [6, 6.07) is 5.58. The van der Waals surface area contributed by atoms with Crippen molar-refractivity contribution in [3.63, 3.8) is 0 Å². The predicted molar refractivity (Wildman–Crippen MR) is 66.0 cm³/mol. The standard InChI is InChI=1S/C14H15F2NO/c1-3-10(17)11-6-7-12(18-11)13-9(15)5-4-8(2)14(13)16/h4-7,10H,3,17H2,1-2H3. The Morgan fingerprint density at radius 3 is 2.61 bits per heavy atom. The van der Waals surface area contributed by atoms with Gasteiger partial charge in [0.25, 0.3) is 0 Å². The van der Waals surface area contributed by atoms with Gasteiger partial charge in [-0.3, -0.25) is 0 Å². The van der Waals surface area contributed by atoms with Crippen molar-refractivity contribution in [1.82, 2.24) is 0 Å². The molecule has 0 saturated carbocycles. The fourth-order valence-electron chi connectivity index (χ4n) is 1.77. The molecule has 96 valence electrons. The Hall–Kier alpha value is -1.68. The molecule has 1 heterocycles. The number of nitrogens with two attached hydrogens (primary N) is 1. The molecule has 1 atom stereocenters. The molecule has 0 radical (unpaired) electrons. The third kappa shape index (κ3) is 2.16. The average Bonchev–Trinajstić information content (AvgIpc) is 2.83. The Kier molecular flexibility index (Phi) is 3.48. The summed E-state index contributed by atoms with van der Waals surface area (Å²) in [5, 5.41) is 0. The highest BCUT2D eigenvalue weighted by Gasteiger charge is 2.18. The maximum absolute atomic E-state index is 13.9. The molecule has 0 fully saturated rings. The molecule has 0 aliphatic carbocycles. The molecule has 0 aliphatic rings. The minimum absolute atomic E-state index is 0.135. The number of aryl methyl sites for hydroxylation is 1. The van der Waals surface area contributed by atoms with Crippen molar-refractivity contribution in [2.75, 3.05) is 0 Å². The molecule has 2 N–H and O–H groups in total. The predicted octanol–water partition coefficient (Wildman–Crippen LogP) is 3.94. The van der Waals surface area contributed by atoms with Gasteiger partial charge in [-0.25, -0.2) is 8.78 Å². The molecule has 1 unspecified atom stereocenters. The summed E-state index contributed by atoms with van der Waals surface area (Å²) in [6.07, 6.45) is 0.700. The van der Waals surface area contributed by atoms with Gasteiger partial charge in [-0.2, -0.15) is 0 Å². The second kappa shape index (κ2) is 4.90. The highest BCUT2D eigenvalue weighted by molar-refractivity contribution is 5.60. The van der Waals surface area contributed by atoms with Gasteiger partial charge in [0.1, 0.15) is 23.2 Å². The van der Waals surface area contributed by atoms with Gasteiger partial charge in [-0.15, -0.1) is 0 Å². The van der Waals surface area contributed by atoms with E-state index in [9.17, 15) is 8.78 Å². The fraction of sp³-hybridized carbons (Fsp3) is 0.286. The van der Waals surface area contributed by atoms with E-state index in [1.54, 1.807) is 19.1 Å². The van der Waals surface area contributed by atoms with Crippen LogP contribution in [0.1, 0.15) is 30.7 Å². The summed E-state index contributed by atoms with van der Waals surface area (Å²) >= 11 is 0. The monoisotopic (exact) mass is 251 g/mol. The summed E-state index contributed by atoms with van der Waals surface area (Å²) in [5.74, 6) is -0.523. The van der Waals surface area contributed by atoms with Crippen LogP contribution in [0.4, 0.5) is 8.78 Å². The first-order chi connectivity index (χ1) is 8.54.